The molecule has 0 saturated carbocycles. The Balaban J connectivity index is 1.82. The molecule has 154 valence electrons. The Hall–Kier alpha value is -0.110. The van der Waals surface area contributed by atoms with E-state index in [4.69, 9.17) is 28.1 Å². The van der Waals surface area contributed by atoms with Crippen LogP contribution in [0.2, 0.25) is 5.72 Å². The monoisotopic (exact) mass is 382 g/mol. The first kappa shape index (κ1) is 21.6. The van der Waals surface area contributed by atoms with Gasteiger partial charge in [-0.15, -0.1) is 0 Å². The number of hydrogen-bond donors (Lipinski definition) is 0. The second kappa shape index (κ2) is 6.44. The first-order chi connectivity index (χ1) is 12.1. The third-order valence-electron chi connectivity index (χ3n) is 6.84. The Bertz CT molecular complexity index is 507. The summed E-state index contributed by atoms with van der Waals surface area (Å²) in [5.74, 6) is -0.568. The topological polar surface area (TPSA) is 55.4 Å². The fourth-order valence-corrected chi connectivity index (χ4v) is 3.66. The van der Waals surface area contributed by atoms with Gasteiger partial charge in [-0.3, -0.25) is 0 Å². The molecule has 3 saturated heterocycles. The molecule has 3 aliphatic rings. The van der Waals surface area contributed by atoms with Crippen molar-refractivity contribution in [1.29, 1.82) is 0 Å². The van der Waals surface area contributed by atoms with Crippen LogP contribution in [0.3, 0.4) is 0 Å². The molecule has 3 heterocycles. The van der Waals surface area contributed by atoms with Crippen LogP contribution < -0.4 is 0 Å². The minimum Gasteiger partial charge on any atom is -0.403 e. The highest BCUT2D eigenvalue weighted by molar-refractivity contribution is 6.68. The zero-order chi connectivity index (χ0) is 20.5. The lowest BCUT2D eigenvalue weighted by atomic mass is 9.50. The minimum atomic E-state index is -0.568. The second-order valence-electron chi connectivity index (χ2n) is 10.6. The minimum absolute atomic E-state index is 0.0527. The molecular formula is C19H36B2O6. The van der Waals surface area contributed by atoms with Gasteiger partial charge in [0.25, 0.3) is 0 Å². The number of ether oxygens (including phenoxy) is 2. The molecule has 3 fully saturated rings. The molecule has 0 amide bonds. The summed E-state index contributed by atoms with van der Waals surface area (Å²) in [6.07, 6.45) is 0.625. The van der Waals surface area contributed by atoms with E-state index in [2.05, 4.69) is 55.4 Å². The third kappa shape index (κ3) is 3.99. The van der Waals surface area contributed by atoms with Gasteiger partial charge in [0.2, 0.25) is 0 Å². The van der Waals surface area contributed by atoms with E-state index in [9.17, 15) is 0 Å². The average molecular weight is 382 g/mol. The van der Waals surface area contributed by atoms with Gasteiger partial charge >= 0.3 is 14.2 Å². The van der Waals surface area contributed by atoms with E-state index in [0.29, 0.717) is 13.0 Å². The fraction of sp³-hybridized carbons (Fsp3) is 1.00. The van der Waals surface area contributed by atoms with Crippen molar-refractivity contribution in [2.24, 2.45) is 0 Å². The van der Waals surface area contributed by atoms with Crippen molar-refractivity contribution in [2.75, 3.05) is 6.61 Å². The Kier molecular flexibility index (Phi) is 5.15. The van der Waals surface area contributed by atoms with E-state index in [-0.39, 0.29) is 11.8 Å². The number of hydrogen-bond acceptors (Lipinski definition) is 6. The van der Waals surface area contributed by atoms with E-state index in [1.54, 1.807) is 0 Å². The van der Waals surface area contributed by atoms with Gasteiger partial charge in [0.05, 0.1) is 35.1 Å². The van der Waals surface area contributed by atoms with Gasteiger partial charge < -0.3 is 28.1 Å². The van der Waals surface area contributed by atoms with Gasteiger partial charge in [0.1, 0.15) is 0 Å². The molecule has 0 spiro atoms. The van der Waals surface area contributed by atoms with Gasteiger partial charge in [-0.2, -0.15) is 0 Å². The van der Waals surface area contributed by atoms with Crippen LogP contribution >= 0.6 is 0 Å². The van der Waals surface area contributed by atoms with Crippen molar-refractivity contribution < 1.29 is 28.1 Å². The second-order valence-corrected chi connectivity index (χ2v) is 10.6. The molecule has 0 radical (unpaired) electrons. The lowest BCUT2D eigenvalue weighted by molar-refractivity contribution is -0.138. The highest BCUT2D eigenvalue weighted by atomic mass is 16.7. The highest BCUT2D eigenvalue weighted by Gasteiger charge is 2.62. The van der Waals surface area contributed by atoms with Crippen molar-refractivity contribution in [3.8, 4) is 0 Å². The molecule has 27 heavy (non-hydrogen) atoms. The Morgan fingerprint density at radius 3 is 1.37 bits per heavy atom. The maximum atomic E-state index is 6.36. The first-order valence-corrected chi connectivity index (χ1v) is 10.1. The van der Waals surface area contributed by atoms with E-state index >= 15 is 0 Å². The van der Waals surface area contributed by atoms with Gasteiger partial charge in [-0.25, -0.2) is 0 Å². The largest absolute Gasteiger partial charge is 0.458 e. The average Bonchev–Trinajstić information content (AvgIpc) is 2.98. The SMILES string of the molecule is CC1(C)OCC(CC(B2OC(C)(C)C(C)(C)O2)B2OC(C)(C)C(C)(C)O2)O1. The van der Waals surface area contributed by atoms with E-state index in [1.165, 1.54) is 0 Å². The molecule has 0 aliphatic carbocycles. The van der Waals surface area contributed by atoms with Gasteiger partial charge in [0, 0.05) is 5.72 Å². The molecule has 0 aromatic rings. The highest BCUT2D eigenvalue weighted by Crippen LogP contribution is 2.47. The van der Waals surface area contributed by atoms with Crippen molar-refractivity contribution in [1.82, 2.24) is 0 Å². The van der Waals surface area contributed by atoms with Crippen LogP contribution in [0, 0.1) is 0 Å². The molecule has 3 aliphatic heterocycles. The van der Waals surface area contributed by atoms with Crippen LogP contribution in [0.15, 0.2) is 0 Å². The van der Waals surface area contributed by atoms with E-state index in [1.807, 2.05) is 13.8 Å². The summed E-state index contributed by atoms with van der Waals surface area (Å²) in [4.78, 5) is 0. The Labute approximate surface area is 165 Å². The molecule has 8 heteroatoms. The summed E-state index contributed by atoms with van der Waals surface area (Å²) < 4.78 is 37.3. The quantitative estimate of drug-likeness (QED) is 0.693. The lowest BCUT2D eigenvalue weighted by Gasteiger charge is -2.32. The molecule has 1 unspecified atom stereocenters. The maximum Gasteiger partial charge on any atom is 0.458 e. The van der Waals surface area contributed by atoms with Gasteiger partial charge in [-0.05, 0) is 75.7 Å². The van der Waals surface area contributed by atoms with Gasteiger partial charge in [-0.1, -0.05) is 0 Å². The van der Waals surface area contributed by atoms with Crippen LogP contribution in [0.5, 0.6) is 0 Å². The summed E-state index contributed by atoms with van der Waals surface area (Å²) >= 11 is 0. The zero-order valence-electron chi connectivity index (χ0n) is 18.7. The van der Waals surface area contributed by atoms with E-state index in [0.717, 1.165) is 0 Å². The maximum absolute atomic E-state index is 6.36. The van der Waals surface area contributed by atoms with Crippen LogP contribution in [0.25, 0.3) is 0 Å². The van der Waals surface area contributed by atoms with Gasteiger partial charge in [0.15, 0.2) is 5.79 Å². The molecule has 0 aromatic carbocycles. The Morgan fingerprint density at radius 2 is 1.07 bits per heavy atom. The van der Waals surface area contributed by atoms with Crippen molar-refractivity contribution in [3.63, 3.8) is 0 Å². The molecular weight excluding hydrogens is 346 g/mol. The van der Waals surface area contributed by atoms with Crippen LogP contribution in [0.4, 0.5) is 0 Å². The molecule has 1 atom stereocenters. The summed E-state index contributed by atoms with van der Waals surface area (Å²) in [5, 5.41) is 0. The summed E-state index contributed by atoms with van der Waals surface area (Å²) in [6.45, 7) is 20.9. The smallest absolute Gasteiger partial charge is 0.403 e. The molecule has 0 bridgehead atoms. The van der Waals surface area contributed by atoms with Crippen molar-refractivity contribution >= 4 is 14.2 Å². The predicted octanol–water partition coefficient (Wildman–Crippen LogP) is 3.62. The third-order valence-corrected chi connectivity index (χ3v) is 6.84. The molecule has 0 N–H and O–H groups in total. The normalized spacial score (nSPS) is 33.2. The summed E-state index contributed by atoms with van der Waals surface area (Å²) in [6, 6.07) is 0. The Morgan fingerprint density at radius 1 is 0.704 bits per heavy atom. The van der Waals surface area contributed by atoms with Crippen molar-refractivity contribution in [2.45, 2.75) is 116 Å². The van der Waals surface area contributed by atoms with Crippen LogP contribution in [0.1, 0.15) is 75.7 Å². The van der Waals surface area contributed by atoms with Crippen LogP contribution in [-0.4, -0.2) is 55.1 Å². The summed E-state index contributed by atoms with van der Waals surface area (Å²) in [7, 11) is -0.867. The zero-order valence-corrected chi connectivity index (χ0v) is 18.7. The fourth-order valence-electron chi connectivity index (χ4n) is 3.66. The molecule has 3 rings (SSSR count). The molecule has 6 nitrogen and oxygen atoms in total. The predicted molar refractivity (Wildman–Crippen MR) is 105 cm³/mol. The van der Waals surface area contributed by atoms with Crippen molar-refractivity contribution in [3.05, 3.63) is 0 Å². The standard InChI is InChI=1S/C19H36B2O6/c1-15(2)16(3,4)25-20(24-15)14(11-13-12-22-19(9,10)23-13)21-26-17(5,6)18(7,8)27-21/h13-14H,11-12H2,1-10H3. The summed E-state index contributed by atoms with van der Waals surface area (Å²) in [5.41, 5.74) is -1.77. The van der Waals surface area contributed by atoms with Crippen LogP contribution in [-0.2, 0) is 28.1 Å². The number of rotatable bonds is 4. The van der Waals surface area contributed by atoms with E-state index < -0.39 is 42.4 Å². The molecule has 0 aromatic heterocycles. The first-order valence-electron chi connectivity index (χ1n) is 10.1. The lowest BCUT2D eigenvalue weighted by Crippen LogP contribution is -2.41.